The van der Waals surface area contributed by atoms with Crippen molar-refractivity contribution in [2.75, 3.05) is 5.75 Å². The molecule has 3 rings (SSSR count). The van der Waals surface area contributed by atoms with Gasteiger partial charge in [-0.05, 0) is 31.2 Å². The van der Waals surface area contributed by atoms with Crippen molar-refractivity contribution in [2.45, 2.75) is 11.3 Å². The highest BCUT2D eigenvalue weighted by molar-refractivity contribution is 8.01. The molecule has 118 valence electrons. The molecule has 1 aromatic carbocycles. The van der Waals surface area contributed by atoms with Gasteiger partial charge in [0.25, 0.3) is 5.91 Å². The SMILES string of the molecule is Cc1ccc(/C=N\NC(=O)CSc2nc3ccccc3s2)n1C. The van der Waals surface area contributed by atoms with Crippen LogP contribution in [-0.2, 0) is 11.8 Å². The molecular formula is C16H16N4OS2. The topological polar surface area (TPSA) is 59.3 Å². The van der Waals surface area contributed by atoms with Crippen LogP contribution in [0, 0.1) is 6.92 Å². The summed E-state index contributed by atoms with van der Waals surface area (Å²) >= 11 is 3.02. The lowest BCUT2D eigenvalue weighted by molar-refractivity contribution is -0.118. The van der Waals surface area contributed by atoms with Gasteiger partial charge in [0.2, 0.25) is 0 Å². The van der Waals surface area contributed by atoms with Gasteiger partial charge in [-0.25, -0.2) is 10.4 Å². The zero-order valence-corrected chi connectivity index (χ0v) is 14.4. The Morgan fingerprint density at radius 2 is 2.22 bits per heavy atom. The van der Waals surface area contributed by atoms with Crippen molar-refractivity contribution in [1.82, 2.24) is 15.0 Å². The van der Waals surface area contributed by atoms with Crippen molar-refractivity contribution in [3.63, 3.8) is 0 Å². The van der Waals surface area contributed by atoms with Crippen LogP contribution in [0.1, 0.15) is 11.4 Å². The smallest absolute Gasteiger partial charge is 0.250 e. The van der Waals surface area contributed by atoms with Gasteiger partial charge in [-0.15, -0.1) is 11.3 Å². The molecule has 5 nitrogen and oxygen atoms in total. The van der Waals surface area contributed by atoms with E-state index in [9.17, 15) is 4.79 Å². The van der Waals surface area contributed by atoms with Crippen molar-refractivity contribution < 1.29 is 4.79 Å². The van der Waals surface area contributed by atoms with Gasteiger partial charge in [-0.2, -0.15) is 5.10 Å². The molecule has 0 unspecified atom stereocenters. The first-order valence-corrected chi connectivity index (χ1v) is 8.86. The number of para-hydroxylation sites is 1. The number of nitrogens with one attached hydrogen (secondary N) is 1. The molecule has 2 heterocycles. The summed E-state index contributed by atoms with van der Waals surface area (Å²) in [4.78, 5) is 16.3. The van der Waals surface area contributed by atoms with E-state index in [1.165, 1.54) is 11.8 Å². The van der Waals surface area contributed by atoms with Crippen molar-refractivity contribution in [1.29, 1.82) is 0 Å². The molecule has 2 aromatic heterocycles. The lowest BCUT2D eigenvalue weighted by Gasteiger charge is -2.00. The fourth-order valence-electron chi connectivity index (χ4n) is 2.01. The molecule has 0 aliphatic heterocycles. The number of hydrogen-bond donors (Lipinski definition) is 1. The minimum absolute atomic E-state index is 0.142. The average Bonchev–Trinajstić information content (AvgIpc) is 3.10. The minimum Gasteiger partial charge on any atom is -0.347 e. The van der Waals surface area contributed by atoms with Gasteiger partial charge in [0.15, 0.2) is 4.34 Å². The molecule has 7 heteroatoms. The van der Waals surface area contributed by atoms with E-state index in [0.717, 1.165) is 25.9 Å². The number of benzene rings is 1. The van der Waals surface area contributed by atoms with Gasteiger partial charge in [-0.1, -0.05) is 23.9 Å². The summed E-state index contributed by atoms with van der Waals surface area (Å²) in [5, 5.41) is 4.00. The Hall–Kier alpha value is -2.12. The molecule has 0 spiro atoms. The first-order valence-electron chi connectivity index (χ1n) is 7.06. The molecule has 0 aliphatic carbocycles. The second-order valence-electron chi connectivity index (χ2n) is 4.99. The van der Waals surface area contributed by atoms with Crippen molar-refractivity contribution in [3.05, 3.63) is 47.8 Å². The molecule has 0 radical (unpaired) electrons. The van der Waals surface area contributed by atoms with Crippen LogP contribution in [0.25, 0.3) is 10.2 Å². The van der Waals surface area contributed by atoms with E-state index in [1.807, 2.05) is 54.9 Å². The largest absolute Gasteiger partial charge is 0.347 e. The lowest BCUT2D eigenvalue weighted by atomic mass is 10.3. The van der Waals surface area contributed by atoms with Crippen LogP contribution in [0.15, 0.2) is 45.8 Å². The number of thiazole rings is 1. The second-order valence-corrected chi connectivity index (χ2v) is 7.24. The Balaban J connectivity index is 1.52. The first kappa shape index (κ1) is 15.8. The maximum atomic E-state index is 11.8. The van der Waals surface area contributed by atoms with E-state index in [4.69, 9.17) is 0 Å². The van der Waals surface area contributed by atoms with Crippen molar-refractivity contribution >= 4 is 45.4 Å². The number of carbonyl (C=O) groups is 1. The molecular weight excluding hydrogens is 328 g/mol. The zero-order chi connectivity index (χ0) is 16.2. The normalized spacial score (nSPS) is 11.4. The predicted octanol–water partition coefficient (Wildman–Crippen LogP) is 3.19. The van der Waals surface area contributed by atoms with Crippen LogP contribution in [0.5, 0.6) is 0 Å². The Morgan fingerprint density at radius 1 is 1.39 bits per heavy atom. The number of carbonyl (C=O) groups excluding carboxylic acids is 1. The van der Waals surface area contributed by atoms with Gasteiger partial charge in [0, 0.05) is 12.7 Å². The van der Waals surface area contributed by atoms with Crippen molar-refractivity contribution in [3.8, 4) is 0 Å². The second kappa shape index (κ2) is 6.97. The Morgan fingerprint density at radius 3 is 2.96 bits per heavy atom. The number of aromatic nitrogens is 2. The van der Waals surface area contributed by atoms with Gasteiger partial charge in [-0.3, -0.25) is 4.79 Å². The van der Waals surface area contributed by atoms with Crippen LogP contribution in [-0.4, -0.2) is 27.4 Å². The first-order chi connectivity index (χ1) is 11.1. The summed E-state index contributed by atoms with van der Waals surface area (Å²) in [6.45, 7) is 2.02. The lowest BCUT2D eigenvalue weighted by Crippen LogP contribution is -2.19. The average molecular weight is 344 g/mol. The monoisotopic (exact) mass is 344 g/mol. The number of hydrazone groups is 1. The fraction of sp³-hybridized carbons (Fsp3) is 0.188. The molecule has 0 saturated heterocycles. The summed E-state index contributed by atoms with van der Waals surface area (Å²) < 4.78 is 4.03. The number of hydrogen-bond acceptors (Lipinski definition) is 5. The standard InChI is InChI=1S/C16H16N4OS2/c1-11-7-8-12(20(11)2)9-17-19-15(21)10-22-16-18-13-5-3-4-6-14(13)23-16/h3-9H,10H2,1-2H3,(H,19,21)/b17-9-. The molecule has 3 aromatic rings. The van der Waals surface area contributed by atoms with Crippen LogP contribution in [0.3, 0.4) is 0 Å². The maximum absolute atomic E-state index is 11.8. The van der Waals surface area contributed by atoms with Gasteiger partial charge >= 0.3 is 0 Å². The molecule has 1 amide bonds. The molecule has 0 saturated carbocycles. The van der Waals surface area contributed by atoms with E-state index in [1.54, 1.807) is 17.6 Å². The number of fused-ring (bicyclic) bond motifs is 1. The molecule has 23 heavy (non-hydrogen) atoms. The zero-order valence-electron chi connectivity index (χ0n) is 12.8. The van der Waals surface area contributed by atoms with Crippen molar-refractivity contribution in [2.24, 2.45) is 12.1 Å². The molecule has 0 bridgehead atoms. The number of amides is 1. The van der Waals surface area contributed by atoms with E-state index in [-0.39, 0.29) is 5.91 Å². The Kier molecular flexibility index (Phi) is 4.78. The summed E-state index contributed by atoms with van der Waals surface area (Å²) in [6, 6.07) is 11.9. The molecule has 1 N–H and O–H groups in total. The van der Waals surface area contributed by atoms with E-state index in [2.05, 4.69) is 15.5 Å². The van der Waals surface area contributed by atoms with Crippen LogP contribution in [0.4, 0.5) is 0 Å². The van der Waals surface area contributed by atoms with Gasteiger partial charge in [0.1, 0.15) is 0 Å². The summed E-state index contributed by atoms with van der Waals surface area (Å²) in [7, 11) is 1.96. The third-order valence-electron chi connectivity index (χ3n) is 3.40. The Bertz CT molecular complexity index is 833. The van der Waals surface area contributed by atoms with Crippen LogP contribution in [0.2, 0.25) is 0 Å². The fourth-order valence-corrected chi connectivity index (χ4v) is 3.87. The van der Waals surface area contributed by atoms with E-state index < -0.39 is 0 Å². The highest BCUT2D eigenvalue weighted by atomic mass is 32.2. The predicted molar refractivity (Wildman–Crippen MR) is 96.2 cm³/mol. The highest BCUT2D eigenvalue weighted by Gasteiger charge is 2.07. The van der Waals surface area contributed by atoms with E-state index in [0.29, 0.717) is 5.75 Å². The van der Waals surface area contributed by atoms with Crippen LogP contribution >= 0.6 is 23.1 Å². The Labute approximate surface area is 142 Å². The molecule has 0 aliphatic rings. The van der Waals surface area contributed by atoms with Gasteiger partial charge < -0.3 is 4.57 Å². The van der Waals surface area contributed by atoms with E-state index >= 15 is 0 Å². The molecule has 0 fully saturated rings. The summed E-state index contributed by atoms with van der Waals surface area (Å²) in [5.74, 6) is 0.153. The molecule has 0 atom stereocenters. The third-order valence-corrected chi connectivity index (χ3v) is 5.58. The number of rotatable bonds is 5. The number of aryl methyl sites for hydroxylation is 1. The number of thioether (sulfide) groups is 1. The summed E-state index contributed by atoms with van der Waals surface area (Å²) in [6.07, 6.45) is 1.65. The minimum atomic E-state index is -0.142. The van der Waals surface area contributed by atoms with Crippen LogP contribution < -0.4 is 5.43 Å². The number of nitrogens with zero attached hydrogens (tertiary/aromatic N) is 3. The highest BCUT2D eigenvalue weighted by Crippen LogP contribution is 2.28. The summed E-state index contributed by atoms with van der Waals surface area (Å²) in [5.41, 5.74) is 5.60. The third kappa shape index (κ3) is 3.80. The maximum Gasteiger partial charge on any atom is 0.250 e. The van der Waals surface area contributed by atoms with Gasteiger partial charge in [0.05, 0.1) is 27.9 Å². The quantitative estimate of drug-likeness (QED) is 0.439.